The van der Waals surface area contributed by atoms with E-state index in [1.165, 1.54) is 18.2 Å². The van der Waals surface area contributed by atoms with Gasteiger partial charge in [0.25, 0.3) is 0 Å². The van der Waals surface area contributed by atoms with E-state index < -0.39 is 0 Å². The van der Waals surface area contributed by atoms with Gasteiger partial charge in [-0.25, -0.2) is 4.39 Å². The molecule has 0 saturated heterocycles. The van der Waals surface area contributed by atoms with Crippen LogP contribution < -0.4 is 9.47 Å². The summed E-state index contributed by atoms with van der Waals surface area (Å²) < 4.78 is 24.3. The van der Waals surface area contributed by atoms with Crippen molar-refractivity contribution in [2.75, 3.05) is 40.4 Å². The Morgan fingerprint density at radius 3 is 2.59 bits per heavy atom. The van der Waals surface area contributed by atoms with Crippen molar-refractivity contribution in [2.24, 2.45) is 0 Å². The molecule has 29 heavy (non-hydrogen) atoms. The van der Waals surface area contributed by atoms with E-state index in [2.05, 4.69) is 0 Å². The topological polar surface area (TPSA) is 42.0 Å². The Hall–Kier alpha value is -2.57. The smallest absolute Gasteiger partial charge is 0.246 e. The molecule has 0 fully saturated rings. The van der Waals surface area contributed by atoms with Crippen LogP contribution in [0, 0.1) is 5.82 Å². The number of amides is 1. The third-order valence-corrected chi connectivity index (χ3v) is 4.73. The van der Waals surface area contributed by atoms with Gasteiger partial charge in [0.2, 0.25) is 5.91 Å². The molecular formula is C22H24ClFN2O3. The Morgan fingerprint density at radius 2 is 1.86 bits per heavy atom. The minimum absolute atomic E-state index is 0.137. The monoisotopic (exact) mass is 418 g/mol. The van der Waals surface area contributed by atoms with E-state index in [0.717, 1.165) is 17.7 Å². The summed E-state index contributed by atoms with van der Waals surface area (Å²) in [5.74, 6) is 0.675. The molecule has 5 nitrogen and oxygen atoms in total. The van der Waals surface area contributed by atoms with E-state index >= 15 is 0 Å². The molecule has 154 valence electrons. The zero-order valence-corrected chi connectivity index (χ0v) is 17.3. The first-order valence-electron chi connectivity index (χ1n) is 9.37. The van der Waals surface area contributed by atoms with Crippen LogP contribution in [0.2, 0.25) is 5.02 Å². The van der Waals surface area contributed by atoms with E-state index in [1.54, 1.807) is 35.2 Å². The van der Waals surface area contributed by atoms with Gasteiger partial charge in [-0.3, -0.25) is 4.79 Å². The predicted molar refractivity (Wildman–Crippen MR) is 112 cm³/mol. The van der Waals surface area contributed by atoms with Crippen molar-refractivity contribution >= 4 is 23.6 Å². The van der Waals surface area contributed by atoms with E-state index in [-0.39, 0.29) is 11.7 Å². The van der Waals surface area contributed by atoms with Crippen molar-refractivity contribution in [3.63, 3.8) is 0 Å². The molecule has 0 N–H and O–H groups in total. The summed E-state index contributed by atoms with van der Waals surface area (Å²) in [6.07, 6.45) is 3.22. The average molecular weight is 419 g/mol. The molecule has 0 atom stereocenters. The summed E-state index contributed by atoms with van der Waals surface area (Å²) in [4.78, 5) is 16.6. The summed E-state index contributed by atoms with van der Waals surface area (Å²) in [6, 6.07) is 9.72. The van der Waals surface area contributed by atoms with Gasteiger partial charge in [0.05, 0.1) is 5.02 Å². The summed E-state index contributed by atoms with van der Waals surface area (Å²) >= 11 is 6.26. The maximum atomic E-state index is 13.2. The third-order valence-electron chi connectivity index (χ3n) is 4.45. The van der Waals surface area contributed by atoms with E-state index in [4.69, 9.17) is 21.1 Å². The van der Waals surface area contributed by atoms with Gasteiger partial charge in [-0.05, 0) is 55.6 Å². The number of nitrogens with zero attached hydrogens (tertiary/aromatic N) is 2. The first-order chi connectivity index (χ1) is 13.9. The highest BCUT2D eigenvalue weighted by Gasteiger charge is 2.16. The van der Waals surface area contributed by atoms with Gasteiger partial charge in [0.1, 0.15) is 19.0 Å². The summed E-state index contributed by atoms with van der Waals surface area (Å²) in [7, 11) is 3.90. The van der Waals surface area contributed by atoms with Crippen molar-refractivity contribution in [3.8, 4) is 11.5 Å². The molecular weight excluding hydrogens is 395 g/mol. The van der Waals surface area contributed by atoms with Crippen LogP contribution in [0.5, 0.6) is 11.5 Å². The number of hydrogen-bond acceptors (Lipinski definition) is 4. The lowest BCUT2D eigenvalue weighted by atomic mass is 10.1. The molecule has 1 aliphatic heterocycles. The van der Waals surface area contributed by atoms with Crippen LogP contribution in [-0.4, -0.2) is 56.1 Å². The number of carbonyl (C=O) groups excluding carboxylic acids is 1. The fourth-order valence-corrected chi connectivity index (χ4v) is 3.17. The maximum absolute atomic E-state index is 13.2. The highest BCUT2D eigenvalue weighted by Crippen LogP contribution is 2.38. The highest BCUT2D eigenvalue weighted by atomic mass is 35.5. The fraction of sp³-hybridized carbons (Fsp3) is 0.318. The van der Waals surface area contributed by atoms with Crippen molar-refractivity contribution in [1.29, 1.82) is 0 Å². The summed E-state index contributed by atoms with van der Waals surface area (Å²) in [5, 5.41) is 0.449. The summed E-state index contributed by atoms with van der Waals surface area (Å²) in [5.41, 5.74) is 1.62. The zero-order chi connectivity index (χ0) is 20.8. The van der Waals surface area contributed by atoms with Crippen LogP contribution in [0.4, 0.5) is 4.39 Å². The van der Waals surface area contributed by atoms with Gasteiger partial charge in [-0.15, -0.1) is 0 Å². The van der Waals surface area contributed by atoms with Crippen molar-refractivity contribution < 1.29 is 18.7 Å². The lowest BCUT2D eigenvalue weighted by molar-refractivity contribution is -0.126. The normalized spacial score (nSPS) is 13.1. The number of benzene rings is 2. The standard InChI is InChI=1S/C22H24ClFN2O3/c1-25(2)9-10-26(15-16-3-6-18(24)7-4-16)21(27)8-5-17-13-19(23)22-20(14-17)28-11-12-29-22/h3-8,13-14H,9-12,15H2,1-2H3/b8-5+. The van der Waals surface area contributed by atoms with E-state index in [0.29, 0.717) is 42.8 Å². The number of halogens is 2. The van der Waals surface area contributed by atoms with Crippen LogP contribution in [-0.2, 0) is 11.3 Å². The highest BCUT2D eigenvalue weighted by molar-refractivity contribution is 6.32. The molecule has 2 aromatic carbocycles. The molecule has 0 aromatic heterocycles. The Labute approximate surface area is 175 Å². The average Bonchev–Trinajstić information content (AvgIpc) is 2.70. The molecule has 7 heteroatoms. The molecule has 0 saturated carbocycles. The van der Waals surface area contributed by atoms with Gasteiger partial charge >= 0.3 is 0 Å². The number of fused-ring (bicyclic) bond motifs is 1. The van der Waals surface area contributed by atoms with Crippen molar-refractivity contribution in [3.05, 3.63) is 64.4 Å². The number of carbonyl (C=O) groups is 1. The second-order valence-electron chi connectivity index (χ2n) is 7.05. The molecule has 1 aliphatic rings. The maximum Gasteiger partial charge on any atom is 0.246 e. The van der Waals surface area contributed by atoms with Crippen LogP contribution >= 0.6 is 11.6 Å². The second kappa shape index (κ2) is 9.76. The van der Waals surface area contributed by atoms with Gasteiger partial charge < -0.3 is 19.3 Å². The first kappa shape index (κ1) is 21.1. The Balaban J connectivity index is 1.74. The van der Waals surface area contributed by atoms with E-state index in [9.17, 15) is 9.18 Å². The quantitative estimate of drug-likeness (QED) is 0.640. The largest absolute Gasteiger partial charge is 0.486 e. The minimum atomic E-state index is -0.296. The molecule has 0 radical (unpaired) electrons. The van der Waals surface area contributed by atoms with Crippen LogP contribution in [0.1, 0.15) is 11.1 Å². The Morgan fingerprint density at radius 1 is 1.14 bits per heavy atom. The number of hydrogen-bond donors (Lipinski definition) is 0. The first-order valence-corrected chi connectivity index (χ1v) is 9.75. The molecule has 1 heterocycles. The molecule has 1 amide bonds. The van der Waals surface area contributed by atoms with Gasteiger partial charge in [-0.1, -0.05) is 23.7 Å². The Bertz CT molecular complexity index is 884. The van der Waals surface area contributed by atoms with Crippen LogP contribution in [0.3, 0.4) is 0 Å². The zero-order valence-electron chi connectivity index (χ0n) is 16.5. The number of rotatable bonds is 7. The Kier molecular flexibility index (Phi) is 7.12. The van der Waals surface area contributed by atoms with Gasteiger partial charge in [0, 0.05) is 25.7 Å². The molecule has 0 spiro atoms. The number of likely N-dealkylation sites (N-methyl/N-ethyl adjacent to an activating group) is 1. The molecule has 0 bridgehead atoms. The molecule has 0 unspecified atom stereocenters. The molecule has 0 aliphatic carbocycles. The van der Waals surface area contributed by atoms with Crippen molar-refractivity contribution in [1.82, 2.24) is 9.80 Å². The van der Waals surface area contributed by atoms with E-state index in [1.807, 2.05) is 19.0 Å². The summed E-state index contributed by atoms with van der Waals surface area (Å²) in [6.45, 7) is 2.60. The molecule has 3 rings (SSSR count). The van der Waals surface area contributed by atoms with Crippen molar-refractivity contribution in [2.45, 2.75) is 6.54 Å². The fourth-order valence-electron chi connectivity index (χ4n) is 2.90. The lowest BCUT2D eigenvalue weighted by Gasteiger charge is -2.23. The van der Waals surface area contributed by atoms with Gasteiger partial charge in [0.15, 0.2) is 11.5 Å². The lowest BCUT2D eigenvalue weighted by Crippen LogP contribution is -2.35. The third kappa shape index (κ3) is 5.95. The SMILES string of the molecule is CN(C)CCN(Cc1ccc(F)cc1)C(=O)/C=C/c1cc(Cl)c2c(c1)OCCO2. The van der Waals surface area contributed by atoms with Crippen LogP contribution in [0.25, 0.3) is 6.08 Å². The number of ether oxygens (including phenoxy) is 2. The predicted octanol–water partition coefficient (Wildman–Crippen LogP) is 3.85. The second-order valence-corrected chi connectivity index (χ2v) is 7.46. The van der Waals surface area contributed by atoms with Crippen LogP contribution in [0.15, 0.2) is 42.5 Å². The van der Waals surface area contributed by atoms with Gasteiger partial charge in [-0.2, -0.15) is 0 Å². The minimum Gasteiger partial charge on any atom is -0.486 e. The molecule has 2 aromatic rings.